The van der Waals surface area contributed by atoms with Crippen LogP contribution in [0, 0.1) is 0 Å². The molecule has 2 aliphatic heterocycles. The summed E-state index contributed by atoms with van der Waals surface area (Å²) in [5.74, 6) is 0.0889. The lowest BCUT2D eigenvalue weighted by molar-refractivity contribution is 0.0989. The van der Waals surface area contributed by atoms with E-state index in [0.717, 1.165) is 18.7 Å². The molecule has 1 saturated heterocycles. The number of phenolic OH excluding ortho intramolecular Hbond substituents is 1. The van der Waals surface area contributed by atoms with Gasteiger partial charge in [-0.25, -0.2) is 0 Å². The summed E-state index contributed by atoms with van der Waals surface area (Å²) in [7, 11) is 0. The van der Waals surface area contributed by atoms with Gasteiger partial charge in [0.15, 0.2) is 0 Å². The van der Waals surface area contributed by atoms with Gasteiger partial charge in [-0.3, -0.25) is 9.69 Å². The molecule has 2 aromatic carbocycles. The van der Waals surface area contributed by atoms with E-state index in [0.29, 0.717) is 12.1 Å². The SMILES string of the molecule is O=C(c1cccc(O)c1)N1CCc2c(CN3CCCC3)cccc21. The fourth-order valence-electron chi connectivity index (χ4n) is 3.84. The molecule has 0 aromatic heterocycles. The summed E-state index contributed by atoms with van der Waals surface area (Å²) in [6.07, 6.45) is 3.48. The molecule has 24 heavy (non-hydrogen) atoms. The van der Waals surface area contributed by atoms with Gasteiger partial charge in [0.25, 0.3) is 5.91 Å². The van der Waals surface area contributed by atoms with E-state index in [2.05, 4.69) is 17.0 Å². The first-order valence-electron chi connectivity index (χ1n) is 8.66. The summed E-state index contributed by atoms with van der Waals surface area (Å²) in [5, 5.41) is 9.63. The third-order valence-electron chi connectivity index (χ3n) is 5.06. The average Bonchev–Trinajstić information content (AvgIpc) is 3.24. The van der Waals surface area contributed by atoms with Gasteiger partial charge >= 0.3 is 0 Å². The lowest BCUT2D eigenvalue weighted by atomic mass is 10.0. The molecule has 1 fully saturated rings. The number of hydrogen-bond donors (Lipinski definition) is 1. The normalized spacial score (nSPS) is 17.2. The second-order valence-electron chi connectivity index (χ2n) is 6.66. The first kappa shape index (κ1) is 15.2. The zero-order valence-corrected chi connectivity index (χ0v) is 13.7. The molecule has 4 rings (SSSR count). The Morgan fingerprint density at radius 2 is 1.83 bits per heavy atom. The van der Waals surface area contributed by atoms with Gasteiger partial charge in [0.05, 0.1) is 0 Å². The van der Waals surface area contributed by atoms with Crippen LogP contribution in [0.4, 0.5) is 5.69 Å². The summed E-state index contributed by atoms with van der Waals surface area (Å²) < 4.78 is 0. The van der Waals surface area contributed by atoms with Crippen molar-refractivity contribution in [1.82, 2.24) is 4.90 Å². The van der Waals surface area contributed by atoms with E-state index < -0.39 is 0 Å². The Bertz CT molecular complexity index is 766. The predicted molar refractivity (Wildman–Crippen MR) is 94.4 cm³/mol. The lowest BCUT2D eigenvalue weighted by Gasteiger charge is -2.20. The minimum Gasteiger partial charge on any atom is -0.508 e. The van der Waals surface area contributed by atoms with Gasteiger partial charge in [-0.2, -0.15) is 0 Å². The molecule has 0 saturated carbocycles. The largest absolute Gasteiger partial charge is 0.508 e. The fourth-order valence-corrected chi connectivity index (χ4v) is 3.84. The van der Waals surface area contributed by atoms with Crippen molar-refractivity contribution < 1.29 is 9.90 Å². The van der Waals surface area contributed by atoms with Crippen molar-refractivity contribution in [2.24, 2.45) is 0 Å². The number of hydrogen-bond acceptors (Lipinski definition) is 3. The second-order valence-corrected chi connectivity index (χ2v) is 6.66. The van der Waals surface area contributed by atoms with Crippen molar-refractivity contribution in [3.05, 3.63) is 59.2 Å². The van der Waals surface area contributed by atoms with Crippen molar-refractivity contribution in [2.45, 2.75) is 25.8 Å². The molecule has 1 amide bonds. The predicted octanol–water partition coefficient (Wildman–Crippen LogP) is 3.19. The van der Waals surface area contributed by atoms with Crippen molar-refractivity contribution in [3.63, 3.8) is 0 Å². The Morgan fingerprint density at radius 1 is 1.04 bits per heavy atom. The van der Waals surface area contributed by atoms with Gasteiger partial charge in [-0.15, -0.1) is 0 Å². The van der Waals surface area contributed by atoms with Crippen molar-refractivity contribution in [1.29, 1.82) is 0 Å². The highest BCUT2D eigenvalue weighted by Gasteiger charge is 2.28. The van der Waals surface area contributed by atoms with E-state index in [9.17, 15) is 9.90 Å². The second kappa shape index (κ2) is 6.29. The summed E-state index contributed by atoms with van der Waals surface area (Å²) in [6, 6.07) is 12.9. The van der Waals surface area contributed by atoms with Crippen LogP contribution in [-0.4, -0.2) is 35.5 Å². The molecule has 0 unspecified atom stereocenters. The monoisotopic (exact) mass is 322 g/mol. The van der Waals surface area contributed by atoms with Gasteiger partial charge in [0.1, 0.15) is 5.75 Å². The molecular weight excluding hydrogens is 300 g/mol. The van der Waals surface area contributed by atoms with Crippen molar-refractivity contribution >= 4 is 11.6 Å². The number of amides is 1. The minimum atomic E-state index is -0.0389. The third-order valence-corrected chi connectivity index (χ3v) is 5.06. The number of phenols is 1. The number of likely N-dealkylation sites (tertiary alicyclic amines) is 1. The summed E-state index contributed by atoms with van der Waals surface area (Å²) in [6.45, 7) is 4.05. The number of benzene rings is 2. The minimum absolute atomic E-state index is 0.0389. The van der Waals surface area contributed by atoms with Gasteiger partial charge in [0.2, 0.25) is 0 Å². The summed E-state index contributed by atoms with van der Waals surface area (Å²) in [5.41, 5.74) is 4.21. The fraction of sp³-hybridized carbons (Fsp3) is 0.350. The molecule has 4 nitrogen and oxygen atoms in total. The lowest BCUT2D eigenvalue weighted by Crippen LogP contribution is -2.28. The molecule has 124 valence electrons. The van der Waals surface area contributed by atoms with E-state index in [4.69, 9.17) is 0 Å². The Morgan fingerprint density at radius 3 is 2.62 bits per heavy atom. The quantitative estimate of drug-likeness (QED) is 0.944. The third kappa shape index (κ3) is 2.78. The number of nitrogens with zero attached hydrogens (tertiary/aromatic N) is 2. The highest BCUT2D eigenvalue weighted by Crippen LogP contribution is 2.33. The Labute approximate surface area is 142 Å². The molecule has 2 aromatic rings. The number of carbonyl (C=O) groups excluding carboxylic acids is 1. The van der Waals surface area contributed by atoms with Crippen LogP contribution < -0.4 is 4.90 Å². The molecule has 2 heterocycles. The van der Waals surface area contributed by atoms with Crippen molar-refractivity contribution in [3.8, 4) is 5.75 Å². The van der Waals surface area contributed by atoms with E-state index in [1.165, 1.54) is 43.1 Å². The van der Waals surface area contributed by atoms with Crippen LogP contribution in [0.3, 0.4) is 0 Å². The Hall–Kier alpha value is -2.33. The molecule has 0 aliphatic carbocycles. The zero-order chi connectivity index (χ0) is 16.5. The molecule has 0 atom stereocenters. The molecule has 0 radical (unpaired) electrons. The molecular formula is C20H22N2O2. The molecule has 4 heteroatoms. The van der Waals surface area contributed by atoms with E-state index in [1.807, 2.05) is 11.0 Å². The maximum atomic E-state index is 12.8. The van der Waals surface area contributed by atoms with E-state index in [-0.39, 0.29) is 11.7 Å². The smallest absolute Gasteiger partial charge is 0.258 e. The highest BCUT2D eigenvalue weighted by molar-refractivity contribution is 6.07. The molecule has 0 spiro atoms. The van der Waals surface area contributed by atoms with Crippen LogP contribution in [0.25, 0.3) is 0 Å². The summed E-state index contributed by atoms with van der Waals surface area (Å²) >= 11 is 0. The van der Waals surface area contributed by atoms with Gasteiger partial charge in [-0.05, 0) is 67.7 Å². The molecule has 1 N–H and O–H groups in total. The van der Waals surface area contributed by atoms with Gasteiger partial charge in [0, 0.05) is 24.3 Å². The first-order chi connectivity index (χ1) is 11.7. The average molecular weight is 322 g/mol. The van der Waals surface area contributed by atoms with Gasteiger partial charge in [-0.1, -0.05) is 18.2 Å². The topological polar surface area (TPSA) is 43.8 Å². The number of anilines is 1. The maximum Gasteiger partial charge on any atom is 0.258 e. The van der Waals surface area contributed by atoms with Crippen LogP contribution >= 0.6 is 0 Å². The highest BCUT2D eigenvalue weighted by atomic mass is 16.3. The first-order valence-corrected chi connectivity index (χ1v) is 8.66. The van der Waals surface area contributed by atoms with Crippen LogP contribution in [0.2, 0.25) is 0 Å². The standard InChI is InChI=1S/C20H22N2O2/c23-17-7-3-5-15(13-17)20(24)22-12-9-18-16(6-4-8-19(18)22)14-21-10-1-2-11-21/h3-8,13,23H,1-2,9-12,14H2. The van der Waals surface area contributed by atoms with Gasteiger partial charge < -0.3 is 10.0 Å². The number of rotatable bonds is 3. The van der Waals surface area contributed by atoms with Crippen LogP contribution in [0.1, 0.15) is 34.3 Å². The molecule has 2 aliphatic rings. The van der Waals surface area contributed by atoms with Crippen molar-refractivity contribution in [2.75, 3.05) is 24.5 Å². The van der Waals surface area contributed by atoms with Crippen LogP contribution in [0.15, 0.2) is 42.5 Å². The Balaban J connectivity index is 1.60. The van der Waals surface area contributed by atoms with Crippen LogP contribution in [0.5, 0.6) is 5.75 Å². The van der Waals surface area contributed by atoms with Crippen LogP contribution in [-0.2, 0) is 13.0 Å². The number of aromatic hydroxyl groups is 1. The number of fused-ring (bicyclic) bond motifs is 1. The van der Waals surface area contributed by atoms with E-state index >= 15 is 0 Å². The Kier molecular flexibility index (Phi) is 3.98. The maximum absolute atomic E-state index is 12.8. The van der Waals surface area contributed by atoms with E-state index in [1.54, 1.807) is 18.2 Å². The zero-order valence-electron chi connectivity index (χ0n) is 13.7. The summed E-state index contributed by atoms with van der Waals surface area (Å²) in [4.78, 5) is 17.2. The number of carbonyl (C=O) groups is 1. The molecule has 0 bridgehead atoms.